The minimum Gasteiger partial charge on any atom is -0.211 e. The number of hydrogen-bond acceptors (Lipinski definition) is 2. The molecule has 0 saturated carbocycles. The van der Waals surface area contributed by atoms with Crippen LogP contribution in [0.25, 0.3) is 11.1 Å². The zero-order valence-electron chi connectivity index (χ0n) is 13.0. The molecule has 2 rings (SSSR count). The van der Waals surface area contributed by atoms with Crippen molar-refractivity contribution in [2.45, 2.75) is 18.2 Å². The van der Waals surface area contributed by atoms with E-state index < -0.39 is 10.0 Å². The van der Waals surface area contributed by atoms with E-state index in [0.29, 0.717) is 13.0 Å². The lowest BCUT2D eigenvalue weighted by atomic mass is 10.0. The number of hydrogen-bond donors (Lipinski definition) is 1. The molecular formula is C19H19NO2S. The minimum atomic E-state index is -3.48. The third-order valence-electron chi connectivity index (χ3n) is 3.39. The van der Waals surface area contributed by atoms with Crippen LogP contribution in [0.2, 0.25) is 0 Å². The topological polar surface area (TPSA) is 46.2 Å². The smallest absolute Gasteiger partial charge is 0.211 e. The fraction of sp³-hybridized carbons (Fsp3) is 0.158. The molecule has 0 spiro atoms. The normalized spacial score (nSPS) is 11.0. The molecule has 1 N–H and O–H groups in total. The van der Waals surface area contributed by atoms with E-state index in [9.17, 15) is 8.42 Å². The van der Waals surface area contributed by atoms with Gasteiger partial charge in [0.25, 0.3) is 0 Å². The van der Waals surface area contributed by atoms with E-state index in [1.807, 2.05) is 31.2 Å². The van der Waals surface area contributed by atoms with Crippen LogP contribution in [0.3, 0.4) is 0 Å². The van der Waals surface area contributed by atoms with Gasteiger partial charge >= 0.3 is 0 Å². The summed E-state index contributed by atoms with van der Waals surface area (Å²) in [6.07, 6.45) is 5.96. The Kier molecular flexibility index (Phi) is 5.38. The van der Waals surface area contributed by atoms with Gasteiger partial charge in [0.2, 0.25) is 10.0 Å². The van der Waals surface area contributed by atoms with Crippen LogP contribution in [0, 0.1) is 12.3 Å². The van der Waals surface area contributed by atoms with Gasteiger partial charge < -0.3 is 0 Å². The second kappa shape index (κ2) is 7.28. The summed E-state index contributed by atoms with van der Waals surface area (Å²) in [5, 5.41) is 0. The van der Waals surface area contributed by atoms with Gasteiger partial charge in [0.1, 0.15) is 0 Å². The molecule has 2 aromatic carbocycles. The van der Waals surface area contributed by atoms with Crippen molar-refractivity contribution >= 4 is 10.0 Å². The number of sulfonamides is 1. The average molecular weight is 325 g/mol. The Hall–Kier alpha value is -2.35. The molecule has 0 aliphatic heterocycles. The summed E-state index contributed by atoms with van der Waals surface area (Å²) in [7, 11) is -3.48. The fourth-order valence-electron chi connectivity index (χ4n) is 2.07. The second-order valence-electron chi connectivity index (χ2n) is 5.35. The van der Waals surface area contributed by atoms with Crippen LogP contribution in [-0.2, 0) is 10.0 Å². The Morgan fingerprint density at radius 1 is 1.09 bits per heavy atom. The van der Waals surface area contributed by atoms with E-state index in [4.69, 9.17) is 6.42 Å². The van der Waals surface area contributed by atoms with Gasteiger partial charge in [-0.05, 0) is 48.7 Å². The van der Waals surface area contributed by atoms with E-state index >= 15 is 0 Å². The molecular weight excluding hydrogens is 306 g/mol. The van der Waals surface area contributed by atoms with Crippen LogP contribution < -0.4 is 4.72 Å². The average Bonchev–Trinajstić information content (AvgIpc) is 2.54. The van der Waals surface area contributed by atoms with E-state index in [2.05, 4.69) is 17.2 Å². The predicted octanol–water partition coefficient (Wildman–Crippen LogP) is 3.58. The van der Waals surface area contributed by atoms with Gasteiger partial charge in [-0.15, -0.1) is 13.0 Å². The Bertz CT molecular complexity index is 826. The molecule has 0 unspecified atom stereocenters. The lowest BCUT2D eigenvalue weighted by Gasteiger charge is -2.08. The molecule has 0 bridgehead atoms. The molecule has 118 valence electrons. The van der Waals surface area contributed by atoms with Crippen LogP contribution in [0.15, 0.2) is 65.6 Å². The first-order valence-corrected chi connectivity index (χ1v) is 8.72. The summed E-state index contributed by atoms with van der Waals surface area (Å²) >= 11 is 0. The molecule has 0 aliphatic rings. The highest BCUT2D eigenvalue weighted by Crippen LogP contribution is 2.21. The Morgan fingerprint density at radius 3 is 2.09 bits per heavy atom. The molecule has 0 amide bonds. The summed E-state index contributed by atoms with van der Waals surface area (Å²) in [5.41, 5.74) is 3.69. The Morgan fingerprint density at radius 2 is 1.61 bits per heavy atom. The lowest BCUT2D eigenvalue weighted by molar-refractivity contribution is 0.581. The van der Waals surface area contributed by atoms with Gasteiger partial charge in [-0.1, -0.05) is 35.8 Å². The van der Waals surface area contributed by atoms with Crippen molar-refractivity contribution in [3.8, 4) is 23.5 Å². The fourth-order valence-corrected chi connectivity index (χ4v) is 3.10. The van der Waals surface area contributed by atoms with Gasteiger partial charge in [-0.2, -0.15) is 0 Å². The molecule has 0 saturated heterocycles. The quantitative estimate of drug-likeness (QED) is 0.652. The molecule has 0 aromatic heterocycles. The summed E-state index contributed by atoms with van der Waals surface area (Å²) in [6.45, 7) is 5.98. The van der Waals surface area contributed by atoms with Gasteiger partial charge in [0.15, 0.2) is 0 Å². The van der Waals surface area contributed by atoms with Gasteiger partial charge in [-0.25, -0.2) is 13.1 Å². The van der Waals surface area contributed by atoms with Gasteiger partial charge in [0, 0.05) is 12.1 Å². The van der Waals surface area contributed by atoms with Crippen molar-refractivity contribution in [2.24, 2.45) is 0 Å². The first-order valence-electron chi connectivity index (χ1n) is 7.23. The third kappa shape index (κ3) is 4.56. The molecule has 0 aliphatic carbocycles. The predicted molar refractivity (Wildman–Crippen MR) is 94.4 cm³/mol. The van der Waals surface area contributed by atoms with Crippen molar-refractivity contribution in [1.29, 1.82) is 0 Å². The summed E-state index contributed by atoms with van der Waals surface area (Å²) in [4.78, 5) is 0.253. The number of benzene rings is 2. The molecule has 0 fully saturated rings. The SMILES string of the molecule is C#Cc1ccc(-c2ccc(S(=O)(=O)NCCC(=C)C)cc2)cc1. The lowest BCUT2D eigenvalue weighted by Crippen LogP contribution is -2.24. The third-order valence-corrected chi connectivity index (χ3v) is 4.87. The maximum Gasteiger partial charge on any atom is 0.240 e. The minimum absolute atomic E-state index is 0.253. The standard InChI is InChI=1S/C19H19NO2S/c1-4-16-5-7-17(8-6-16)18-9-11-19(12-10-18)23(21,22)20-14-13-15(2)3/h1,5-12,20H,2,13-14H2,3H3. The summed E-state index contributed by atoms with van der Waals surface area (Å²) in [6, 6.07) is 14.4. The van der Waals surface area contributed by atoms with Crippen LogP contribution in [0.5, 0.6) is 0 Å². The highest BCUT2D eigenvalue weighted by atomic mass is 32.2. The molecule has 2 aromatic rings. The Balaban J connectivity index is 2.15. The maximum atomic E-state index is 12.2. The first kappa shape index (κ1) is 17.0. The van der Waals surface area contributed by atoms with Crippen LogP contribution >= 0.6 is 0 Å². The molecule has 23 heavy (non-hydrogen) atoms. The number of terminal acetylenes is 1. The number of rotatable bonds is 6. The molecule has 3 nitrogen and oxygen atoms in total. The van der Waals surface area contributed by atoms with Gasteiger partial charge in [-0.3, -0.25) is 0 Å². The van der Waals surface area contributed by atoms with Crippen molar-refractivity contribution in [3.63, 3.8) is 0 Å². The monoisotopic (exact) mass is 325 g/mol. The van der Waals surface area contributed by atoms with Gasteiger partial charge in [0.05, 0.1) is 4.90 Å². The molecule has 4 heteroatoms. The highest BCUT2D eigenvalue weighted by Gasteiger charge is 2.13. The van der Waals surface area contributed by atoms with Crippen LogP contribution in [0.4, 0.5) is 0 Å². The Labute approximate surface area is 138 Å². The number of nitrogens with one attached hydrogen (secondary N) is 1. The van der Waals surface area contributed by atoms with E-state index in [1.165, 1.54) is 0 Å². The molecule has 0 atom stereocenters. The van der Waals surface area contributed by atoms with E-state index in [1.54, 1.807) is 24.3 Å². The summed E-state index contributed by atoms with van der Waals surface area (Å²) in [5.74, 6) is 2.57. The highest BCUT2D eigenvalue weighted by molar-refractivity contribution is 7.89. The first-order chi connectivity index (χ1) is 10.9. The van der Waals surface area contributed by atoms with Crippen LogP contribution in [-0.4, -0.2) is 15.0 Å². The largest absolute Gasteiger partial charge is 0.240 e. The zero-order valence-corrected chi connectivity index (χ0v) is 13.9. The van der Waals surface area contributed by atoms with Crippen molar-refractivity contribution < 1.29 is 8.42 Å². The van der Waals surface area contributed by atoms with Crippen molar-refractivity contribution in [2.75, 3.05) is 6.54 Å². The second-order valence-corrected chi connectivity index (χ2v) is 7.12. The van der Waals surface area contributed by atoms with E-state index in [-0.39, 0.29) is 4.90 Å². The zero-order chi connectivity index (χ0) is 16.9. The van der Waals surface area contributed by atoms with Crippen molar-refractivity contribution in [1.82, 2.24) is 4.72 Å². The molecule has 0 radical (unpaired) electrons. The summed E-state index contributed by atoms with van der Waals surface area (Å²) < 4.78 is 26.9. The van der Waals surface area contributed by atoms with E-state index in [0.717, 1.165) is 22.3 Å². The van der Waals surface area contributed by atoms with Crippen molar-refractivity contribution in [3.05, 3.63) is 66.2 Å². The van der Waals surface area contributed by atoms with Crippen LogP contribution in [0.1, 0.15) is 18.9 Å². The maximum absolute atomic E-state index is 12.2. The molecule has 0 heterocycles.